The van der Waals surface area contributed by atoms with Crippen molar-refractivity contribution in [2.24, 2.45) is 7.05 Å². The van der Waals surface area contributed by atoms with Crippen molar-refractivity contribution in [1.29, 1.82) is 0 Å². The molecule has 1 saturated heterocycles. The molecule has 0 saturated carbocycles. The quantitative estimate of drug-likeness (QED) is 0.135. The van der Waals surface area contributed by atoms with Gasteiger partial charge in [0.2, 0.25) is 0 Å². The zero-order valence-electron chi connectivity index (χ0n) is 29.7. The van der Waals surface area contributed by atoms with Gasteiger partial charge in [0.1, 0.15) is 17.7 Å². The Morgan fingerprint density at radius 1 is 0.946 bits per heavy atom. The van der Waals surface area contributed by atoms with Gasteiger partial charge in [0.05, 0.1) is 52.1 Å². The number of nitrogens with one attached hydrogen (secondary N) is 3. The number of nitrogens with zero attached hydrogens (tertiary/aromatic N) is 4. The molecule has 2 aromatic heterocycles. The van der Waals surface area contributed by atoms with Crippen LogP contribution in [-0.4, -0.2) is 95.8 Å². The predicted octanol–water partition coefficient (Wildman–Crippen LogP) is 1.65. The lowest BCUT2D eigenvalue weighted by Crippen LogP contribution is -2.42. The van der Waals surface area contributed by atoms with Crippen LogP contribution < -0.4 is 26.6 Å². The molecular formula is C37H35F2N7O9S. The topological polar surface area (TPSA) is 211 Å². The van der Waals surface area contributed by atoms with Crippen LogP contribution in [0.25, 0.3) is 16.6 Å². The second-order valence-electron chi connectivity index (χ2n) is 12.8. The SMILES string of the molecule is Cn1c(=O)n(-c2ccc(C[C@H](NC(=O)c3cc(F)c(NS(=O)(=O)c4ccc(C(=O)NCCN5CCOCC5)cc4)cc3F)C(=O)O)cc2)c(=O)c2ccncc21. The van der Waals surface area contributed by atoms with E-state index in [0.29, 0.717) is 49.5 Å². The van der Waals surface area contributed by atoms with Crippen molar-refractivity contribution >= 4 is 44.4 Å². The number of aryl methyl sites for hydroxylation is 1. The summed E-state index contributed by atoms with van der Waals surface area (Å²) >= 11 is 0. The Labute approximate surface area is 317 Å². The fourth-order valence-corrected chi connectivity index (χ4v) is 7.08. The van der Waals surface area contributed by atoms with Crippen molar-refractivity contribution < 1.29 is 41.4 Å². The minimum atomic E-state index is -4.49. The Hall–Kier alpha value is -6.31. The highest BCUT2D eigenvalue weighted by atomic mass is 32.2. The number of hydrogen-bond donors (Lipinski definition) is 4. The molecule has 4 N–H and O–H groups in total. The maximum atomic E-state index is 15.2. The highest BCUT2D eigenvalue weighted by Gasteiger charge is 2.26. The molecular weight excluding hydrogens is 757 g/mol. The Balaban J connectivity index is 1.10. The van der Waals surface area contributed by atoms with Gasteiger partial charge in [-0.1, -0.05) is 12.1 Å². The molecule has 19 heteroatoms. The van der Waals surface area contributed by atoms with Crippen LogP contribution in [0.4, 0.5) is 14.5 Å². The standard InChI is InChI=1S/C37H35F2N7O9S/c1-44-32-21-40-11-10-26(32)35(49)46(37(44)52)24-6-2-22(3-7-24)18-31(36(50)51)42-34(48)27-19-29(39)30(20-28(27)38)43-56(53,54)25-8-4-23(5-9-25)33(47)41-12-13-45-14-16-55-17-15-45/h2-11,19-21,31,43H,12-18H2,1H3,(H,41,47)(H,42,48)(H,50,51)/t31-/m0/s1. The number of carbonyl (C=O) groups is 3. The van der Waals surface area contributed by atoms with Gasteiger partial charge >= 0.3 is 11.7 Å². The molecule has 0 unspecified atom stereocenters. The molecule has 0 aliphatic carbocycles. The average Bonchev–Trinajstić information content (AvgIpc) is 3.19. The molecule has 56 heavy (non-hydrogen) atoms. The lowest BCUT2D eigenvalue weighted by atomic mass is 10.0. The average molecular weight is 792 g/mol. The van der Waals surface area contributed by atoms with Crippen molar-refractivity contribution in [1.82, 2.24) is 29.7 Å². The number of sulfonamides is 1. The molecule has 1 atom stereocenters. The lowest BCUT2D eigenvalue weighted by molar-refractivity contribution is -0.139. The van der Waals surface area contributed by atoms with Gasteiger partial charge in [-0.05, 0) is 54.1 Å². The largest absolute Gasteiger partial charge is 0.480 e. The summed E-state index contributed by atoms with van der Waals surface area (Å²) in [4.78, 5) is 69.4. The number of rotatable bonds is 13. The number of carboxylic acids is 1. The summed E-state index contributed by atoms with van der Waals surface area (Å²) in [6, 6.07) is 11.2. The first-order valence-electron chi connectivity index (χ1n) is 17.1. The number of benzene rings is 3. The molecule has 0 bridgehead atoms. The van der Waals surface area contributed by atoms with E-state index >= 15 is 8.78 Å². The molecule has 6 rings (SSSR count). The minimum absolute atomic E-state index is 0.179. The van der Waals surface area contributed by atoms with E-state index in [9.17, 15) is 37.5 Å². The molecule has 3 heterocycles. The van der Waals surface area contributed by atoms with Crippen LogP contribution in [0.15, 0.2) is 93.6 Å². The van der Waals surface area contributed by atoms with Crippen LogP contribution in [0, 0.1) is 11.6 Å². The number of morpholine rings is 1. The Kier molecular flexibility index (Phi) is 11.7. The number of aliphatic carboxylic acids is 1. The highest BCUT2D eigenvalue weighted by Crippen LogP contribution is 2.24. The second kappa shape index (κ2) is 16.6. The number of halogens is 2. The maximum absolute atomic E-state index is 15.2. The van der Waals surface area contributed by atoms with E-state index in [-0.39, 0.29) is 28.0 Å². The Morgan fingerprint density at radius 3 is 2.32 bits per heavy atom. The molecule has 3 aromatic carbocycles. The van der Waals surface area contributed by atoms with Crippen molar-refractivity contribution in [3.05, 3.63) is 128 Å². The number of aromatic nitrogens is 3. The molecule has 1 aliphatic heterocycles. The van der Waals surface area contributed by atoms with E-state index in [2.05, 4.69) is 20.5 Å². The van der Waals surface area contributed by atoms with Gasteiger partial charge in [-0.3, -0.25) is 33.6 Å². The Bertz CT molecular complexity index is 2540. The lowest BCUT2D eigenvalue weighted by Gasteiger charge is -2.26. The summed E-state index contributed by atoms with van der Waals surface area (Å²) in [6.07, 6.45) is 2.48. The third-order valence-corrected chi connectivity index (χ3v) is 10.5. The van der Waals surface area contributed by atoms with Gasteiger partial charge in [-0.15, -0.1) is 0 Å². The van der Waals surface area contributed by atoms with Crippen LogP contribution in [0.3, 0.4) is 0 Å². The first kappa shape index (κ1) is 39.4. The number of carboxylic acid groups (broad SMARTS) is 1. The summed E-state index contributed by atoms with van der Waals surface area (Å²) < 4.78 is 65.8. The highest BCUT2D eigenvalue weighted by molar-refractivity contribution is 7.92. The van der Waals surface area contributed by atoms with E-state index in [4.69, 9.17) is 4.74 Å². The van der Waals surface area contributed by atoms with Gasteiger partial charge in [0.15, 0.2) is 0 Å². The van der Waals surface area contributed by atoms with E-state index < -0.39 is 68.0 Å². The third kappa shape index (κ3) is 8.64. The van der Waals surface area contributed by atoms with E-state index in [1.807, 2.05) is 4.72 Å². The van der Waals surface area contributed by atoms with Crippen molar-refractivity contribution in [2.45, 2.75) is 17.4 Å². The first-order valence-corrected chi connectivity index (χ1v) is 18.6. The molecule has 1 aliphatic rings. The normalized spacial score (nSPS) is 13.9. The maximum Gasteiger partial charge on any atom is 0.335 e. The van der Waals surface area contributed by atoms with E-state index in [0.717, 1.165) is 29.8 Å². The van der Waals surface area contributed by atoms with Crippen LogP contribution in [-0.2, 0) is 33.0 Å². The van der Waals surface area contributed by atoms with Crippen LogP contribution in [0.1, 0.15) is 26.3 Å². The predicted molar refractivity (Wildman–Crippen MR) is 198 cm³/mol. The smallest absolute Gasteiger partial charge is 0.335 e. The van der Waals surface area contributed by atoms with Crippen LogP contribution >= 0.6 is 0 Å². The van der Waals surface area contributed by atoms with E-state index in [1.54, 1.807) is 0 Å². The number of anilines is 1. The molecule has 292 valence electrons. The summed E-state index contributed by atoms with van der Waals surface area (Å²) in [5.41, 5.74) is -1.89. The van der Waals surface area contributed by atoms with Gasteiger partial charge in [0, 0.05) is 57.5 Å². The van der Waals surface area contributed by atoms with Crippen LogP contribution in [0.5, 0.6) is 0 Å². The minimum Gasteiger partial charge on any atom is -0.480 e. The number of pyridine rings is 1. The Morgan fingerprint density at radius 2 is 1.64 bits per heavy atom. The molecule has 16 nitrogen and oxygen atoms in total. The first-order chi connectivity index (χ1) is 26.7. The fraction of sp³-hybridized carbons (Fsp3) is 0.243. The summed E-state index contributed by atoms with van der Waals surface area (Å²) in [6.45, 7) is 3.72. The summed E-state index contributed by atoms with van der Waals surface area (Å²) in [7, 11) is -3.00. The number of carbonyl (C=O) groups excluding carboxylic acids is 2. The summed E-state index contributed by atoms with van der Waals surface area (Å²) in [5, 5.41) is 15.0. The van der Waals surface area contributed by atoms with E-state index in [1.165, 1.54) is 66.5 Å². The molecule has 2 amide bonds. The monoisotopic (exact) mass is 791 g/mol. The van der Waals surface area contributed by atoms with Crippen LogP contribution in [0.2, 0.25) is 0 Å². The number of fused-ring (bicyclic) bond motifs is 1. The molecule has 5 aromatic rings. The number of amides is 2. The van der Waals surface area contributed by atoms with Gasteiger partial charge in [-0.2, -0.15) is 0 Å². The fourth-order valence-electron chi connectivity index (χ4n) is 6.02. The third-order valence-electron chi connectivity index (χ3n) is 9.10. The van der Waals surface area contributed by atoms with Gasteiger partial charge in [-0.25, -0.2) is 31.4 Å². The molecule has 1 fully saturated rings. The summed E-state index contributed by atoms with van der Waals surface area (Å²) in [5.74, 6) is -5.90. The molecule has 0 radical (unpaired) electrons. The van der Waals surface area contributed by atoms with Crippen molar-refractivity contribution in [2.75, 3.05) is 44.1 Å². The van der Waals surface area contributed by atoms with Gasteiger partial charge in [0.25, 0.3) is 27.4 Å². The molecule has 0 spiro atoms. The second-order valence-corrected chi connectivity index (χ2v) is 14.4. The van der Waals surface area contributed by atoms with Crippen molar-refractivity contribution in [3.8, 4) is 5.69 Å². The zero-order chi connectivity index (χ0) is 40.1. The number of ether oxygens (including phenoxy) is 1. The zero-order valence-corrected chi connectivity index (χ0v) is 30.5. The number of hydrogen-bond acceptors (Lipinski definition) is 10. The van der Waals surface area contributed by atoms with Gasteiger partial charge < -0.3 is 20.5 Å². The van der Waals surface area contributed by atoms with Crippen molar-refractivity contribution in [3.63, 3.8) is 0 Å².